The molecular weight excluding hydrogens is 194 g/mol. The van der Waals surface area contributed by atoms with Gasteiger partial charge in [-0.05, 0) is 38.0 Å². The summed E-state index contributed by atoms with van der Waals surface area (Å²) >= 11 is 0. The Hall–Kier alpha value is -0.610. The number of hydrogen-bond acceptors (Lipinski definition) is 3. The third kappa shape index (κ3) is 2.01. The van der Waals surface area contributed by atoms with Crippen molar-refractivity contribution in [3.05, 3.63) is 0 Å². The zero-order valence-corrected chi connectivity index (χ0v) is 8.78. The van der Waals surface area contributed by atoms with Crippen molar-refractivity contribution in [1.82, 2.24) is 5.48 Å². The molecular formula is C11H17NO3. The van der Waals surface area contributed by atoms with Crippen LogP contribution in [0, 0.1) is 11.8 Å². The van der Waals surface area contributed by atoms with Crippen LogP contribution >= 0.6 is 0 Å². The third-order valence-corrected chi connectivity index (χ3v) is 3.63. The lowest BCUT2D eigenvalue weighted by atomic mass is 9.89. The zero-order valence-electron chi connectivity index (χ0n) is 8.78. The van der Waals surface area contributed by atoms with Gasteiger partial charge < -0.3 is 4.74 Å². The lowest BCUT2D eigenvalue weighted by Gasteiger charge is -2.17. The van der Waals surface area contributed by atoms with E-state index in [9.17, 15) is 4.79 Å². The summed E-state index contributed by atoms with van der Waals surface area (Å²) < 4.78 is 5.63. The average Bonchev–Trinajstić information content (AvgIpc) is 2.83. The van der Waals surface area contributed by atoms with E-state index in [1.54, 1.807) is 0 Å². The Kier molecular flexibility index (Phi) is 2.41. The number of fused-ring (bicyclic) bond motifs is 2. The first-order valence-electron chi connectivity index (χ1n) is 5.90. The van der Waals surface area contributed by atoms with E-state index >= 15 is 0 Å². The molecule has 3 rings (SSSR count). The van der Waals surface area contributed by atoms with E-state index in [4.69, 9.17) is 9.57 Å². The second kappa shape index (κ2) is 3.76. The Labute approximate surface area is 89.3 Å². The van der Waals surface area contributed by atoms with Gasteiger partial charge >= 0.3 is 0 Å². The van der Waals surface area contributed by atoms with Crippen LogP contribution in [0.2, 0.25) is 0 Å². The van der Waals surface area contributed by atoms with Crippen molar-refractivity contribution >= 4 is 5.91 Å². The summed E-state index contributed by atoms with van der Waals surface area (Å²) in [5.41, 5.74) is 2.56. The molecule has 0 aromatic carbocycles. The molecule has 1 amide bonds. The molecule has 1 N–H and O–H groups in total. The molecule has 3 aliphatic rings. The zero-order chi connectivity index (χ0) is 10.3. The highest BCUT2D eigenvalue weighted by atomic mass is 16.7. The summed E-state index contributed by atoms with van der Waals surface area (Å²) in [6, 6.07) is 0. The van der Waals surface area contributed by atoms with Crippen molar-refractivity contribution in [2.75, 3.05) is 6.61 Å². The van der Waals surface area contributed by atoms with Gasteiger partial charge in [0.05, 0.1) is 24.7 Å². The molecule has 4 nitrogen and oxygen atoms in total. The van der Waals surface area contributed by atoms with E-state index in [0.717, 1.165) is 19.3 Å². The Morgan fingerprint density at radius 3 is 2.80 bits per heavy atom. The van der Waals surface area contributed by atoms with Crippen molar-refractivity contribution in [3.8, 4) is 0 Å². The number of amides is 1. The van der Waals surface area contributed by atoms with Gasteiger partial charge in [-0.3, -0.25) is 9.63 Å². The van der Waals surface area contributed by atoms with Crippen LogP contribution in [-0.4, -0.2) is 24.7 Å². The number of carbonyl (C=O) groups excluding carboxylic acids is 1. The van der Waals surface area contributed by atoms with Crippen molar-refractivity contribution < 1.29 is 14.4 Å². The highest BCUT2D eigenvalue weighted by Gasteiger charge is 2.44. The quantitative estimate of drug-likeness (QED) is 0.706. The SMILES string of the molecule is O=C(NOCC1CC1)[C@@H]1C[C@H]2CC[C@@H]1O2. The molecule has 3 atom stereocenters. The molecule has 0 radical (unpaired) electrons. The van der Waals surface area contributed by atoms with Gasteiger partial charge in [-0.1, -0.05) is 0 Å². The minimum Gasteiger partial charge on any atom is -0.374 e. The number of hydroxylamine groups is 1. The Morgan fingerprint density at radius 1 is 1.33 bits per heavy atom. The Balaban J connectivity index is 1.43. The van der Waals surface area contributed by atoms with Gasteiger partial charge in [-0.2, -0.15) is 0 Å². The van der Waals surface area contributed by atoms with Crippen LogP contribution in [-0.2, 0) is 14.4 Å². The number of carbonyl (C=O) groups is 1. The number of hydrogen-bond donors (Lipinski definition) is 1. The van der Waals surface area contributed by atoms with Crippen molar-refractivity contribution in [3.63, 3.8) is 0 Å². The second-order valence-electron chi connectivity index (χ2n) is 4.94. The Bertz CT molecular complexity index is 265. The van der Waals surface area contributed by atoms with Crippen LogP contribution in [0.4, 0.5) is 0 Å². The molecule has 0 aromatic heterocycles. The summed E-state index contributed by atoms with van der Waals surface area (Å²) in [4.78, 5) is 16.9. The molecule has 1 aliphatic carbocycles. The third-order valence-electron chi connectivity index (χ3n) is 3.63. The number of ether oxygens (including phenoxy) is 1. The molecule has 0 spiro atoms. The molecule has 0 aromatic rings. The molecule has 4 heteroatoms. The van der Waals surface area contributed by atoms with Gasteiger partial charge in [0.25, 0.3) is 0 Å². The fourth-order valence-corrected chi connectivity index (χ4v) is 2.50. The molecule has 3 fully saturated rings. The number of nitrogens with one attached hydrogen (secondary N) is 1. The summed E-state index contributed by atoms with van der Waals surface area (Å²) in [5.74, 6) is 0.729. The summed E-state index contributed by atoms with van der Waals surface area (Å²) in [6.45, 7) is 0.674. The monoisotopic (exact) mass is 211 g/mol. The molecule has 15 heavy (non-hydrogen) atoms. The van der Waals surface area contributed by atoms with Crippen molar-refractivity contribution in [1.29, 1.82) is 0 Å². The molecule has 84 valence electrons. The van der Waals surface area contributed by atoms with E-state index in [-0.39, 0.29) is 17.9 Å². The van der Waals surface area contributed by atoms with E-state index in [2.05, 4.69) is 5.48 Å². The lowest BCUT2D eigenvalue weighted by molar-refractivity contribution is -0.139. The maximum absolute atomic E-state index is 11.7. The van der Waals surface area contributed by atoms with E-state index in [1.165, 1.54) is 12.8 Å². The fraction of sp³-hybridized carbons (Fsp3) is 0.909. The van der Waals surface area contributed by atoms with Crippen molar-refractivity contribution in [2.24, 2.45) is 11.8 Å². The fourth-order valence-electron chi connectivity index (χ4n) is 2.50. The molecule has 2 aliphatic heterocycles. The smallest absolute Gasteiger partial charge is 0.249 e. The maximum atomic E-state index is 11.7. The first-order valence-corrected chi connectivity index (χ1v) is 5.90. The van der Waals surface area contributed by atoms with Crippen LogP contribution in [0.5, 0.6) is 0 Å². The van der Waals surface area contributed by atoms with Crippen LogP contribution < -0.4 is 5.48 Å². The van der Waals surface area contributed by atoms with Crippen LogP contribution in [0.3, 0.4) is 0 Å². The standard InChI is InChI=1S/C11H17NO3/c13-11(12-14-6-7-1-2-7)9-5-8-3-4-10(9)15-8/h7-10H,1-6H2,(H,12,13)/t8-,9-,10+/m1/s1. The van der Waals surface area contributed by atoms with Gasteiger partial charge in [0, 0.05) is 0 Å². The minimum absolute atomic E-state index is 0.0165. The molecule has 0 unspecified atom stereocenters. The average molecular weight is 211 g/mol. The van der Waals surface area contributed by atoms with E-state index in [1.807, 2.05) is 0 Å². The van der Waals surface area contributed by atoms with Gasteiger partial charge in [0.15, 0.2) is 0 Å². The van der Waals surface area contributed by atoms with Gasteiger partial charge in [-0.15, -0.1) is 0 Å². The van der Waals surface area contributed by atoms with E-state index < -0.39 is 0 Å². The molecule has 2 heterocycles. The predicted octanol–water partition coefficient (Wildman–Crippen LogP) is 1.01. The highest BCUT2D eigenvalue weighted by Crippen LogP contribution is 2.38. The van der Waals surface area contributed by atoms with Gasteiger partial charge in [0.1, 0.15) is 0 Å². The minimum atomic E-state index is 0.0165. The molecule has 2 bridgehead atoms. The Morgan fingerprint density at radius 2 is 2.20 bits per heavy atom. The first kappa shape index (κ1) is 9.60. The topological polar surface area (TPSA) is 47.6 Å². The van der Waals surface area contributed by atoms with Crippen LogP contribution in [0.15, 0.2) is 0 Å². The van der Waals surface area contributed by atoms with Gasteiger partial charge in [-0.25, -0.2) is 5.48 Å². The summed E-state index contributed by atoms with van der Waals surface area (Å²) in [7, 11) is 0. The molecule has 2 saturated heterocycles. The number of rotatable bonds is 4. The lowest BCUT2D eigenvalue weighted by Crippen LogP contribution is -2.36. The largest absolute Gasteiger partial charge is 0.374 e. The predicted molar refractivity (Wildman–Crippen MR) is 52.8 cm³/mol. The maximum Gasteiger partial charge on any atom is 0.249 e. The second-order valence-corrected chi connectivity index (χ2v) is 4.94. The van der Waals surface area contributed by atoms with Gasteiger partial charge in [0.2, 0.25) is 5.91 Å². The van der Waals surface area contributed by atoms with Crippen molar-refractivity contribution in [2.45, 2.75) is 44.3 Å². The first-order chi connectivity index (χ1) is 7.33. The highest BCUT2D eigenvalue weighted by molar-refractivity contribution is 5.78. The summed E-state index contributed by atoms with van der Waals surface area (Å²) in [5, 5.41) is 0. The normalized spacial score (nSPS) is 38.3. The van der Waals surface area contributed by atoms with Crippen LogP contribution in [0.1, 0.15) is 32.1 Å². The summed E-state index contributed by atoms with van der Waals surface area (Å²) in [6.07, 6.45) is 6.00. The molecule has 1 saturated carbocycles. The van der Waals surface area contributed by atoms with E-state index in [0.29, 0.717) is 18.6 Å². The van der Waals surface area contributed by atoms with Crippen LogP contribution in [0.25, 0.3) is 0 Å².